The lowest BCUT2D eigenvalue weighted by Crippen LogP contribution is -1.99. The average molecular weight is 202 g/mol. The van der Waals surface area contributed by atoms with Gasteiger partial charge in [-0.05, 0) is 49.9 Å². The number of hydrogen-bond donors (Lipinski definition) is 2. The highest BCUT2D eigenvalue weighted by molar-refractivity contribution is 5.86. The maximum Gasteiger partial charge on any atom is 0.0489 e. The summed E-state index contributed by atoms with van der Waals surface area (Å²) in [5.74, 6) is 0. The van der Waals surface area contributed by atoms with Gasteiger partial charge in [0, 0.05) is 17.1 Å². The molecule has 3 N–H and O–H groups in total. The highest BCUT2D eigenvalue weighted by atomic mass is 14.7. The summed E-state index contributed by atoms with van der Waals surface area (Å²) in [4.78, 5) is 3.37. The van der Waals surface area contributed by atoms with E-state index >= 15 is 0 Å². The fourth-order valence-electron chi connectivity index (χ4n) is 2.01. The van der Waals surface area contributed by atoms with Crippen molar-refractivity contribution in [1.29, 1.82) is 0 Å². The molecule has 80 valence electrons. The molecule has 0 aliphatic rings. The van der Waals surface area contributed by atoms with Crippen molar-refractivity contribution >= 4 is 10.9 Å². The number of nitrogens with two attached hydrogens (primary N) is 1. The quantitative estimate of drug-likeness (QED) is 0.789. The Labute approximate surface area is 90.5 Å². The third-order valence-corrected chi connectivity index (χ3v) is 3.12. The van der Waals surface area contributed by atoms with Crippen LogP contribution in [0.1, 0.15) is 23.1 Å². The Kier molecular flexibility index (Phi) is 2.78. The van der Waals surface area contributed by atoms with E-state index in [0.29, 0.717) is 0 Å². The van der Waals surface area contributed by atoms with Crippen LogP contribution >= 0.6 is 0 Å². The van der Waals surface area contributed by atoms with Crippen molar-refractivity contribution in [2.24, 2.45) is 5.73 Å². The van der Waals surface area contributed by atoms with E-state index < -0.39 is 0 Å². The molecule has 0 radical (unpaired) electrons. The van der Waals surface area contributed by atoms with E-state index in [1.165, 1.54) is 27.6 Å². The Hall–Kier alpha value is -1.28. The third kappa shape index (κ3) is 1.77. The van der Waals surface area contributed by atoms with E-state index in [0.717, 1.165) is 19.4 Å². The molecule has 0 spiro atoms. The number of aryl methyl sites for hydroxylation is 3. The lowest BCUT2D eigenvalue weighted by molar-refractivity contribution is 0.837. The number of benzene rings is 1. The standard InChI is InChI=1S/C13H18N2/c1-9-5-6-12-11(4-3-7-14)8-15-13(12)10(9)2/h5-6,8,15H,3-4,7,14H2,1-2H3. The Morgan fingerprint density at radius 2 is 2.07 bits per heavy atom. The van der Waals surface area contributed by atoms with Crippen LogP contribution in [0.25, 0.3) is 10.9 Å². The van der Waals surface area contributed by atoms with Gasteiger partial charge in [-0.15, -0.1) is 0 Å². The van der Waals surface area contributed by atoms with E-state index in [1.54, 1.807) is 0 Å². The van der Waals surface area contributed by atoms with Crippen molar-refractivity contribution in [2.45, 2.75) is 26.7 Å². The molecule has 0 bridgehead atoms. The SMILES string of the molecule is Cc1ccc2c(CCCN)c[nH]c2c1C. The van der Waals surface area contributed by atoms with E-state index in [9.17, 15) is 0 Å². The molecule has 1 aromatic heterocycles. The molecule has 2 heteroatoms. The minimum atomic E-state index is 0.761. The van der Waals surface area contributed by atoms with Crippen LogP contribution in [0.4, 0.5) is 0 Å². The second kappa shape index (κ2) is 4.07. The van der Waals surface area contributed by atoms with E-state index in [1.807, 2.05) is 0 Å². The molecule has 0 aliphatic carbocycles. The predicted molar refractivity (Wildman–Crippen MR) is 65.1 cm³/mol. The van der Waals surface area contributed by atoms with Crippen molar-refractivity contribution < 1.29 is 0 Å². The second-order valence-corrected chi connectivity index (χ2v) is 4.14. The predicted octanol–water partition coefficient (Wildman–Crippen LogP) is 2.68. The van der Waals surface area contributed by atoms with Crippen molar-refractivity contribution in [3.63, 3.8) is 0 Å². The zero-order valence-electron chi connectivity index (χ0n) is 9.43. The molecule has 0 atom stereocenters. The average Bonchev–Trinajstić information content (AvgIpc) is 2.64. The maximum atomic E-state index is 5.53. The molecule has 0 aliphatic heterocycles. The Balaban J connectivity index is 2.47. The molecule has 1 heterocycles. The Morgan fingerprint density at radius 3 is 2.80 bits per heavy atom. The van der Waals surface area contributed by atoms with E-state index in [2.05, 4.69) is 37.2 Å². The Morgan fingerprint density at radius 1 is 1.27 bits per heavy atom. The summed E-state index contributed by atoms with van der Waals surface area (Å²) in [5, 5.41) is 1.35. The van der Waals surface area contributed by atoms with Gasteiger partial charge in [0.15, 0.2) is 0 Å². The first-order chi connectivity index (χ1) is 7.24. The number of aromatic nitrogens is 1. The lowest BCUT2D eigenvalue weighted by atomic mass is 10.0. The molecule has 2 rings (SSSR count). The van der Waals surface area contributed by atoms with E-state index in [-0.39, 0.29) is 0 Å². The van der Waals surface area contributed by atoms with Crippen LogP contribution in [0.2, 0.25) is 0 Å². The molecule has 1 aromatic carbocycles. The van der Waals surface area contributed by atoms with Gasteiger partial charge in [0.1, 0.15) is 0 Å². The highest BCUT2D eigenvalue weighted by Gasteiger charge is 2.06. The van der Waals surface area contributed by atoms with Gasteiger partial charge < -0.3 is 10.7 Å². The van der Waals surface area contributed by atoms with Gasteiger partial charge >= 0.3 is 0 Å². The van der Waals surface area contributed by atoms with Gasteiger partial charge in [-0.2, -0.15) is 0 Å². The molecule has 0 saturated carbocycles. The van der Waals surface area contributed by atoms with Gasteiger partial charge in [-0.1, -0.05) is 12.1 Å². The smallest absolute Gasteiger partial charge is 0.0489 e. The highest BCUT2D eigenvalue weighted by Crippen LogP contribution is 2.24. The normalized spacial score (nSPS) is 11.1. The summed E-state index contributed by atoms with van der Waals surface area (Å²) in [6.45, 7) is 5.08. The van der Waals surface area contributed by atoms with Crippen LogP contribution in [0.15, 0.2) is 18.3 Å². The summed E-state index contributed by atoms with van der Waals surface area (Å²) in [5.41, 5.74) is 10.9. The van der Waals surface area contributed by atoms with Gasteiger partial charge in [0.2, 0.25) is 0 Å². The molecular weight excluding hydrogens is 184 g/mol. The monoisotopic (exact) mass is 202 g/mol. The second-order valence-electron chi connectivity index (χ2n) is 4.14. The summed E-state index contributed by atoms with van der Waals surface area (Å²) >= 11 is 0. The zero-order chi connectivity index (χ0) is 10.8. The maximum absolute atomic E-state index is 5.53. The topological polar surface area (TPSA) is 41.8 Å². The fraction of sp³-hybridized carbons (Fsp3) is 0.385. The Bertz CT molecular complexity index is 469. The van der Waals surface area contributed by atoms with Crippen LogP contribution in [0.5, 0.6) is 0 Å². The first-order valence-electron chi connectivity index (χ1n) is 5.50. The van der Waals surface area contributed by atoms with Crippen LogP contribution in [-0.4, -0.2) is 11.5 Å². The summed E-state index contributed by atoms with van der Waals surface area (Å²) < 4.78 is 0. The van der Waals surface area contributed by atoms with Gasteiger partial charge in [0.05, 0.1) is 0 Å². The van der Waals surface area contributed by atoms with Gasteiger partial charge in [0.25, 0.3) is 0 Å². The molecule has 2 aromatic rings. The summed E-state index contributed by atoms with van der Waals surface area (Å²) in [6.07, 6.45) is 4.24. The molecule has 0 saturated heterocycles. The summed E-state index contributed by atoms with van der Waals surface area (Å²) in [6, 6.07) is 4.40. The molecular formula is C13H18N2. The van der Waals surface area contributed by atoms with E-state index in [4.69, 9.17) is 5.73 Å². The third-order valence-electron chi connectivity index (χ3n) is 3.12. The number of hydrogen-bond acceptors (Lipinski definition) is 1. The molecule has 0 fully saturated rings. The van der Waals surface area contributed by atoms with Crippen molar-refractivity contribution in [2.75, 3.05) is 6.54 Å². The lowest BCUT2D eigenvalue weighted by Gasteiger charge is -2.02. The number of fused-ring (bicyclic) bond motifs is 1. The minimum absolute atomic E-state index is 0.761. The van der Waals surface area contributed by atoms with Gasteiger partial charge in [-0.25, -0.2) is 0 Å². The summed E-state index contributed by atoms with van der Waals surface area (Å²) in [7, 11) is 0. The fourth-order valence-corrected chi connectivity index (χ4v) is 2.01. The number of rotatable bonds is 3. The van der Waals surface area contributed by atoms with Crippen LogP contribution in [0.3, 0.4) is 0 Å². The first kappa shape index (κ1) is 10.2. The minimum Gasteiger partial charge on any atom is -0.361 e. The van der Waals surface area contributed by atoms with Crippen LogP contribution in [-0.2, 0) is 6.42 Å². The first-order valence-corrected chi connectivity index (χ1v) is 5.50. The van der Waals surface area contributed by atoms with Crippen molar-refractivity contribution in [1.82, 2.24) is 4.98 Å². The number of aromatic amines is 1. The van der Waals surface area contributed by atoms with Crippen molar-refractivity contribution in [3.05, 3.63) is 35.0 Å². The zero-order valence-corrected chi connectivity index (χ0v) is 9.43. The molecule has 2 nitrogen and oxygen atoms in total. The van der Waals surface area contributed by atoms with Gasteiger partial charge in [-0.3, -0.25) is 0 Å². The molecule has 15 heavy (non-hydrogen) atoms. The largest absolute Gasteiger partial charge is 0.361 e. The van der Waals surface area contributed by atoms with Crippen LogP contribution in [0, 0.1) is 13.8 Å². The number of H-pyrrole nitrogens is 1. The van der Waals surface area contributed by atoms with Crippen molar-refractivity contribution in [3.8, 4) is 0 Å². The molecule has 0 unspecified atom stereocenters. The van der Waals surface area contributed by atoms with Crippen LogP contribution < -0.4 is 5.73 Å². The number of nitrogens with one attached hydrogen (secondary N) is 1. The molecule has 0 amide bonds.